The first kappa shape index (κ1) is 13.3. The zero-order valence-electron chi connectivity index (χ0n) is 9.09. The van der Waals surface area contributed by atoms with E-state index in [4.69, 9.17) is 16.3 Å². The van der Waals surface area contributed by atoms with Crippen LogP contribution in [0, 0.1) is 11.6 Å². The maximum atomic E-state index is 13.5. The number of ether oxygens (including phenoxy) is 1. The van der Waals surface area contributed by atoms with E-state index >= 15 is 0 Å². The lowest BCUT2D eigenvalue weighted by Crippen LogP contribution is -1.94. The molecule has 0 radical (unpaired) electrons. The van der Waals surface area contributed by atoms with Crippen molar-refractivity contribution in [1.82, 2.24) is 0 Å². The van der Waals surface area contributed by atoms with Crippen molar-refractivity contribution in [2.75, 3.05) is 0 Å². The van der Waals surface area contributed by atoms with Crippen molar-refractivity contribution < 1.29 is 13.5 Å². The number of halogens is 4. The molecule has 0 bridgehead atoms. The monoisotopic (exact) mass is 332 g/mol. The van der Waals surface area contributed by atoms with Gasteiger partial charge in [0, 0.05) is 10.0 Å². The van der Waals surface area contributed by atoms with E-state index in [-0.39, 0.29) is 11.6 Å². The minimum absolute atomic E-state index is 0.181. The van der Waals surface area contributed by atoms with Crippen molar-refractivity contribution in [1.29, 1.82) is 0 Å². The molecule has 2 rings (SSSR count). The maximum Gasteiger partial charge on any atom is 0.201 e. The van der Waals surface area contributed by atoms with E-state index in [0.29, 0.717) is 15.8 Å². The normalized spacial score (nSPS) is 10.4. The molecule has 1 nitrogen and oxygen atoms in total. The second-order valence-corrected chi connectivity index (χ2v) is 4.73. The second kappa shape index (κ2) is 5.67. The van der Waals surface area contributed by atoms with Crippen molar-refractivity contribution in [3.05, 3.63) is 58.1 Å². The van der Waals surface area contributed by atoms with Crippen molar-refractivity contribution >= 4 is 27.5 Å². The number of hydrogen-bond donors (Lipinski definition) is 0. The summed E-state index contributed by atoms with van der Waals surface area (Å²) < 4.78 is 32.5. The van der Waals surface area contributed by atoms with Gasteiger partial charge in [-0.2, -0.15) is 4.39 Å². The summed E-state index contributed by atoms with van der Waals surface area (Å²) in [5.74, 6) is -1.54. The lowest BCUT2D eigenvalue weighted by atomic mass is 10.2. The Hall–Kier alpha value is -1.13. The van der Waals surface area contributed by atoms with Crippen molar-refractivity contribution in [3.8, 4) is 11.5 Å². The van der Waals surface area contributed by atoms with Gasteiger partial charge in [-0.15, -0.1) is 11.6 Å². The number of hydrogen-bond acceptors (Lipinski definition) is 1. The molecule has 2 aromatic rings. The fraction of sp³-hybridized carbons (Fsp3) is 0.0769. The van der Waals surface area contributed by atoms with Crippen LogP contribution in [-0.2, 0) is 5.88 Å². The van der Waals surface area contributed by atoms with Gasteiger partial charge in [0.25, 0.3) is 0 Å². The SMILES string of the molecule is Fc1cc(Br)cc(Oc2ccccc2CCl)c1F. The molecule has 0 heterocycles. The molecular weight excluding hydrogens is 325 g/mol. The van der Waals surface area contributed by atoms with Gasteiger partial charge in [-0.1, -0.05) is 34.1 Å². The largest absolute Gasteiger partial charge is 0.454 e. The summed E-state index contributed by atoms with van der Waals surface area (Å²) in [7, 11) is 0. The topological polar surface area (TPSA) is 9.23 Å². The fourth-order valence-electron chi connectivity index (χ4n) is 1.44. The Morgan fingerprint density at radius 3 is 2.56 bits per heavy atom. The Balaban J connectivity index is 2.40. The maximum absolute atomic E-state index is 13.5. The highest BCUT2D eigenvalue weighted by molar-refractivity contribution is 9.10. The summed E-state index contributed by atoms with van der Waals surface area (Å²) in [4.78, 5) is 0. The lowest BCUT2D eigenvalue weighted by Gasteiger charge is -2.10. The molecule has 0 saturated heterocycles. The van der Waals surface area contributed by atoms with E-state index in [1.807, 2.05) is 0 Å². The minimum Gasteiger partial charge on any atom is -0.454 e. The smallest absolute Gasteiger partial charge is 0.201 e. The Morgan fingerprint density at radius 1 is 1.11 bits per heavy atom. The summed E-state index contributed by atoms with van der Waals surface area (Å²) >= 11 is 8.83. The highest BCUT2D eigenvalue weighted by atomic mass is 79.9. The molecule has 94 valence electrons. The predicted molar refractivity (Wildman–Crippen MR) is 70.1 cm³/mol. The van der Waals surface area contributed by atoms with Gasteiger partial charge in [-0.05, 0) is 18.2 Å². The molecule has 0 aliphatic rings. The van der Waals surface area contributed by atoms with Crippen LogP contribution >= 0.6 is 27.5 Å². The summed E-state index contributed by atoms with van der Waals surface area (Å²) in [6, 6.07) is 9.34. The van der Waals surface area contributed by atoms with Crippen LogP contribution in [0.5, 0.6) is 11.5 Å². The molecule has 0 aromatic heterocycles. The third kappa shape index (κ3) is 2.82. The Bertz CT molecular complexity index is 575. The minimum atomic E-state index is -1.03. The van der Waals surface area contributed by atoms with E-state index in [9.17, 15) is 8.78 Å². The van der Waals surface area contributed by atoms with Crippen LogP contribution < -0.4 is 4.74 Å². The van der Waals surface area contributed by atoms with Gasteiger partial charge in [0.1, 0.15) is 5.75 Å². The van der Waals surface area contributed by atoms with Gasteiger partial charge >= 0.3 is 0 Å². The molecule has 0 aliphatic heterocycles. The van der Waals surface area contributed by atoms with E-state index in [1.165, 1.54) is 6.07 Å². The van der Waals surface area contributed by atoms with Crippen LogP contribution in [0.4, 0.5) is 8.78 Å². The first-order valence-corrected chi connectivity index (χ1v) is 6.41. The first-order valence-electron chi connectivity index (χ1n) is 5.08. The summed E-state index contributed by atoms with van der Waals surface area (Å²) in [6.07, 6.45) is 0. The van der Waals surface area contributed by atoms with E-state index in [1.54, 1.807) is 24.3 Å². The number of alkyl halides is 1. The standard InChI is InChI=1S/C13H8BrClF2O/c14-9-5-10(16)13(17)12(6-9)18-11-4-2-1-3-8(11)7-15/h1-6H,7H2. The molecule has 5 heteroatoms. The van der Waals surface area contributed by atoms with Crippen molar-refractivity contribution in [2.24, 2.45) is 0 Å². The van der Waals surface area contributed by atoms with Crippen LogP contribution in [0.15, 0.2) is 40.9 Å². The van der Waals surface area contributed by atoms with Gasteiger partial charge in [0.15, 0.2) is 11.6 Å². The van der Waals surface area contributed by atoms with Crippen LogP contribution in [-0.4, -0.2) is 0 Å². The molecule has 0 spiro atoms. The molecule has 2 aromatic carbocycles. The molecular formula is C13H8BrClF2O. The molecule has 0 aliphatic carbocycles. The zero-order valence-corrected chi connectivity index (χ0v) is 11.4. The van der Waals surface area contributed by atoms with Crippen LogP contribution in [0.25, 0.3) is 0 Å². The van der Waals surface area contributed by atoms with Gasteiger partial charge < -0.3 is 4.74 Å². The third-order valence-corrected chi connectivity index (χ3v) is 3.04. The van der Waals surface area contributed by atoms with Gasteiger partial charge in [-0.3, -0.25) is 0 Å². The second-order valence-electron chi connectivity index (χ2n) is 3.54. The number of benzene rings is 2. The van der Waals surface area contributed by atoms with E-state index in [0.717, 1.165) is 6.07 Å². The average Bonchev–Trinajstić information content (AvgIpc) is 2.36. The number of para-hydroxylation sites is 1. The zero-order chi connectivity index (χ0) is 13.1. The quantitative estimate of drug-likeness (QED) is 0.550. The molecule has 0 atom stereocenters. The summed E-state index contributed by atoms with van der Waals surface area (Å²) in [5, 5.41) is 0. The first-order chi connectivity index (χ1) is 8.61. The summed E-state index contributed by atoms with van der Waals surface area (Å²) in [6.45, 7) is 0. The number of rotatable bonds is 3. The highest BCUT2D eigenvalue weighted by Crippen LogP contribution is 2.31. The third-order valence-electron chi connectivity index (χ3n) is 2.30. The summed E-state index contributed by atoms with van der Waals surface area (Å²) in [5.41, 5.74) is 0.707. The van der Waals surface area contributed by atoms with Gasteiger partial charge in [0.2, 0.25) is 5.82 Å². The lowest BCUT2D eigenvalue weighted by molar-refractivity contribution is 0.413. The Kier molecular flexibility index (Phi) is 4.19. The van der Waals surface area contributed by atoms with Crippen molar-refractivity contribution in [3.63, 3.8) is 0 Å². The van der Waals surface area contributed by atoms with Crippen LogP contribution in [0.3, 0.4) is 0 Å². The Labute approximate surface area is 116 Å². The molecule has 0 unspecified atom stereocenters. The molecule has 18 heavy (non-hydrogen) atoms. The van der Waals surface area contributed by atoms with Crippen LogP contribution in [0.1, 0.15) is 5.56 Å². The molecule has 0 amide bonds. The van der Waals surface area contributed by atoms with E-state index < -0.39 is 11.6 Å². The Morgan fingerprint density at radius 2 is 1.83 bits per heavy atom. The van der Waals surface area contributed by atoms with Crippen molar-refractivity contribution in [2.45, 2.75) is 5.88 Å². The fourth-order valence-corrected chi connectivity index (χ4v) is 2.07. The van der Waals surface area contributed by atoms with E-state index in [2.05, 4.69) is 15.9 Å². The van der Waals surface area contributed by atoms with Gasteiger partial charge in [-0.25, -0.2) is 4.39 Å². The highest BCUT2D eigenvalue weighted by Gasteiger charge is 2.13. The molecule has 0 N–H and O–H groups in total. The molecule has 0 saturated carbocycles. The van der Waals surface area contributed by atoms with Gasteiger partial charge in [0.05, 0.1) is 5.88 Å². The average molecular weight is 334 g/mol. The molecule has 0 fully saturated rings. The predicted octanol–water partition coefficient (Wildman–Crippen LogP) is 5.26. The van der Waals surface area contributed by atoms with Crippen LogP contribution in [0.2, 0.25) is 0 Å².